The topological polar surface area (TPSA) is 61.3 Å². The van der Waals surface area contributed by atoms with Gasteiger partial charge in [0.2, 0.25) is 0 Å². The third-order valence-corrected chi connectivity index (χ3v) is 7.75. The van der Waals surface area contributed by atoms with Crippen LogP contribution >= 0.6 is 22.7 Å². The van der Waals surface area contributed by atoms with E-state index in [4.69, 9.17) is 0 Å². The predicted octanol–water partition coefficient (Wildman–Crippen LogP) is 4.96. The molecule has 3 aromatic heterocycles. The van der Waals surface area contributed by atoms with E-state index in [0.717, 1.165) is 39.1 Å². The maximum absolute atomic E-state index is 14.6. The summed E-state index contributed by atoms with van der Waals surface area (Å²) in [6.07, 6.45) is 2.84. The Kier molecular flexibility index (Phi) is 4.95. The number of thiazole rings is 1. The Labute approximate surface area is 175 Å². The lowest BCUT2D eigenvalue weighted by atomic mass is 9.99. The number of halogens is 1. The van der Waals surface area contributed by atoms with Gasteiger partial charge in [0.25, 0.3) is 0 Å². The average Bonchev–Trinajstić information content (AvgIpc) is 3.42. The van der Waals surface area contributed by atoms with Crippen LogP contribution in [0.25, 0.3) is 20.4 Å². The van der Waals surface area contributed by atoms with E-state index in [1.807, 2.05) is 6.07 Å². The van der Waals surface area contributed by atoms with Crippen molar-refractivity contribution in [2.45, 2.75) is 25.3 Å². The smallest absolute Gasteiger partial charge is 0.148 e. The monoisotopic (exact) mass is 428 g/mol. The van der Waals surface area contributed by atoms with Gasteiger partial charge < -0.3 is 10.4 Å². The van der Waals surface area contributed by atoms with Crippen molar-refractivity contribution in [1.29, 1.82) is 0 Å². The molecule has 1 aromatic carbocycles. The van der Waals surface area contributed by atoms with Gasteiger partial charge in [-0.05, 0) is 44.2 Å². The van der Waals surface area contributed by atoms with Crippen LogP contribution in [0.4, 0.5) is 15.8 Å². The van der Waals surface area contributed by atoms with Crippen LogP contribution in [-0.4, -0.2) is 45.7 Å². The van der Waals surface area contributed by atoms with E-state index < -0.39 is 0 Å². The lowest BCUT2D eigenvalue weighted by Crippen LogP contribution is -2.31. The van der Waals surface area contributed by atoms with E-state index in [-0.39, 0.29) is 12.4 Å². The molecule has 2 N–H and O–H groups in total. The molecule has 150 valence electrons. The van der Waals surface area contributed by atoms with Gasteiger partial charge in [-0.25, -0.2) is 14.4 Å². The Balaban J connectivity index is 1.48. The van der Waals surface area contributed by atoms with Crippen LogP contribution in [0.5, 0.6) is 0 Å². The molecule has 4 heterocycles. The summed E-state index contributed by atoms with van der Waals surface area (Å²) < 4.78 is 15.4. The summed E-state index contributed by atoms with van der Waals surface area (Å²) in [6, 6.07) is 7.75. The first-order chi connectivity index (χ1) is 14.1. The highest BCUT2D eigenvalue weighted by molar-refractivity contribution is 7.18. The predicted molar refractivity (Wildman–Crippen MR) is 118 cm³/mol. The highest BCUT2D eigenvalue weighted by atomic mass is 32.1. The summed E-state index contributed by atoms with van der Waals surface area (Å²) in [6.45, 7) is 4.13. The van der Waals surface area contributed by atoms with E-state index in [1.54, 1.807) is 29.1 Å². The molecule has 1 saturated heterocycles. The van der Waals surface area contributed by atoms with Gasteiger partial charge in [-0.3, -0.25) is 4.90 Å². The Morgan fingerprint density at radius 1 is 1.28 bits per heavy atom. The van der Waals surface area contributed by atoms with Crippen molar-refractivity contribution in [3.63, 3.8) is 0 Å². The zero-order chi connectivity index (χ0) is 20.0. The van der Waals surface area contributed by atoms with Crippen molar-refractivity contribution >= 4 is 54.5 Å². The van der Waals surface area contributed by atoms with Crippen LogP contribution < -0.4 is 5.32 Å². The maximum Gasteiger partial charge on any atom is 0.148 e. The molecule has 29 heavy (non-hydrogen) atoms. The first-order valence-electron chi connectivity index (χ1n) is 9.67. The molecule has 8 heteroatoms. The maximum atomic E-state index is 14.6. The fourth-order valence-corrected chi connectivity index (χ4v) is 6.14. The number of aliphatic hydroxyl groups is 1. The summed E-state index contributed by atoms with van der Waals surface area (Å²) in [4.78, 5) is 13.4. The standard InChI is InChI=1S/C21H21FN4OS2/c1-12-13(3-5-26(12)6-7-27)19-8-14-16(2-4-23-21(14)29-19)25-17-10-18-20(9-15(17)22)28-11-24-18/h2,4,8-13,27H,3,5-7H2,1H3,(H,23,25)/t12-,13+/m1/s1. The van der Waals surface area contributed by atoms with Gasteiger partial charge in [0.15, 0.2) is 0 Å². The molecule has 0 unspecified atom stereocenters. The number of β-amino-alcohol motifs (C(OH)–C–C–N with tert-alkyl or cyclic N) is 1. The fraction of sp³-hybridized carbons (Fsp3) is 0.333. The Bertz CT molecular complexity index is 1170. The van der Waals surface area contributed by atoms with Crippen molar-refractivity contribution in [2.75, 3.05) is 25.0 Å². The van der Waals surface area contributed by atoms with Crippen LogP contribution in [0.15, 0.2) is 36.0 Å². The summed E-state index contributed by atoms with van der Waals surface area (Å²) in [5.74, 6) is 0.142. The summed E-state index contributed by atoms with van der Waals surface area (Å²) in [7, 11) is 0. The number of anilines is 2. The van der Waals surface area contributed by atoms with Crippen molar-refractivity contribution in [3.05, 3.63) is 46.7 Å². The van der Waals surface area contributed by atoms with Gasteiger partial charge >= 0.3 is 0 Å². The summed E-state index contributed by atoms with van der Waals surface area (Å²) >= 11 is 3.14. The van der Waals surface area contributed by atoms with Gasteiger partial charge in [-0.1, -0.05) is 0 Å². The third-order valence-electron chi connectivity index (χ3n) is 5.78. The quantitative estimate of drug-likeness (QED) is 0.471. The molecule has 5 rings (SSSR count). The number of nitrogens with zero attached hydrogens (tertiary/aromatic N) is 3. The first-order valence-corrected chi connectivity index (χ1v) is 11.4. The molecule has 0 aliphatic carbocycles. The van der Waals surface area contributed by atoms with Gasteiger partial charge in [-0.15, -0.1) is 22.7 Å². The van der Waals surface area contributed by atoms with Crippen LogP contribution in [0.3, 0.4) is 0 Å². The minimum atomic E-state index is -0.286. The SMILES string of the molecule is C[C@@H]1[C@@H](c2cc3c(Nc4cc5ncsc5cc4F)ccnc3s2)CCN1CCO. The minimum absolute atomic E-state index is 0.188. The fourth-order valence-electron chi connectivity index (χ4n) is 4.20. The van der Waals surface area contributed by atoms with E-state index in [0.29, 0.717) is 24.2 Å². The molecule has 0 bridgehead atoms. The number of pyridine rings is 1. The van der Waals surface area contributed by atoms with Crippen molar-refractivity contribution in [2.24, 2.45) is 0 Å². The van der Waals surface area contributed by atoms with Gasteiger partial charge in [0, 0.05) is 35.0 Å². The van der Waals surface area contributed by atoms with E-state index in [1.165, 1.54) is 22.3 Å². The van der Waals surface area contributed by atoms with Crippen molar-refractivity contribution in [3.8, 4) is 0 Å². The lowest BCUT2D eigenvalue weighted by molar-refractivity contribution is 0.188. The Morgan fingerprint density at radius 3 is 3.03 bits per heavy atom. The van der Waals surface area contributed by atoms with Crippen LogP contribution in [-0.2, 0) is 0 Å². The number of fused-ring (bicyclic) bond motifs is 2. The molecule has 0 amide bonds. The van der Waals surface area contributed by atoms with Gasteiger partial charge in [0.05, 0.1) is 33.7 Å². The second-order valence-corrected chi connectivity index (χ2v) is 9.35. The number of thiophene rings is 1. The molecular formula is C21H21FN4OS2. The molecule has 0 radical (unpaired) electrons. The molecule has 0 spiro atoms. The number of aromatic nitrogens is 2. The van der Waals surface area contributed by atoms with E-state index in [2.05, 4.69) is 33.2 Å². The molecule has 4 aromatic rings. The number of aliphatic hydroxyl groups excluding tert-OH is 1. The Morgan fingerprint density at radius 2 is 2.17 bits per heavy atom. The molecule has 1 fully saturated rings. The molecule has 2 atom stereocenters. The number of benzene rings is 1. The largest absolute Gasteiger partial charge is 0.395 e. The number of rotatable bonds is 5. The molecule has 1 aliphatic heterocycles. The van der Waals surface area contributed by atoms with Crippen LogP contribution in [0.1, 0.15) is 24.1 Å². The zero-order valence-electron chi connectivity index (χ0n) is 15.9. The van der Waals surface area contributed by atoms with Crippen LogP contribution in [0.2, 0.25) is 0 Å². The first kappa shape index (κ1) is 18.9. The highest BCUT2D eigenvalue weighted by Crippen LogP contribution is 2.41. The Hall–Kier alpha value is -2.13. The molecular weight excluding hydrogens is 407 g/mol. The number of hydrogen-bond acceptors (Lipinski definition) is 7. The van der Waals surface area contributed by atoms with Gasteiger partial charge in [-0.2, -0.15) is 0 Å². The minimum Gasteiger partial charge on any atom is -0.395 e. The zero-order valence-corrected chi connectivity index (χ0v) is 17.6. The van der Waals surface area contributed by atoms with E-state index >= 15 is 0 Å². The average molecular weight is 429 g/mol. The second-order valence-electron chi connectivity index (χ2n) is 7.40. The van der Waals surface area contributed by atoms with E-state index in [9.17, 15) is 9.50 Å². The normalized spacial score (nSPS) is 20.1. The van der Waals surface area contributed by atoms with Crippen LogP contribution in [0, 0.1) is 5.82 Å². The molecule has 0 saturated carbocycles. The summed E-state index contributed by atoms with van der Waals surface area (Å²) in [5, 5.41) is 13.5. The highest BCUT2D eigenvalue weighted by Gasteiger charge is 2.32. The molecule has 1 aliphatic rings. The van der Waals surface area contributed by atoms with Crippen molar-refractivity contribution in [1.82, 2.24) is 14.9 Å². The van der Waals surface area contributed by atoms with Crippen molar-refractivity contribution < 1.29 is 9.50 Å². The summed E-state index contributed by atoms with van der Waals surface area (Å²) in [5.41, 5.74) is 3.79. The third kappa shape index (κ3) is 3.40. The molecule has 5 nitrogen and oxygen atoms in total. The van der Waals surface area contributed by atoms with Gasteiger partial charge in [0.1, 0.15) is 10.6 Å². The lowest BCUT2D eigenvalue weighted by Gasteiger charge is -2.23. The number of hydrogen-bond donors (Lipinski definition) is 2. The second kappa shape index (κ2) is 7.60. The number of likely N-dealkylation sites (tertiary alicyclic amines) is 1. The number of nitrogens with one attached hydrogen (secondary N) is 1.